The van der Waals surface area contributed by atoms with Gasteiger partial charge in [0.25, 0.3) is 0 Å². The summed E-state index contributed by atoms with van der Waals surface area (Å²) in [6.45, 7) is 6.29. The molecule has 1 saturated carbocycles. The number of nitrogens with one attached hydrogen (secondary N) is 1. The highest BCUT2D eigenvalue weighted by Gasteiger charge is 2.31. The molecule has 0 aromatic carbocycles. The molecule has 1 aliphatic rings. The molecule has 0 aliphatic heterocycles. The third-order valence-corrected chi connectivity index (χ3v) is 5.63. The number of nitrogens with two attached hydrogens (primary N) is 1. The number of hydrogen-bond donors (Lipinski definition) is 2. The molecule has 4 heteroatoms. The van der Waals surface area contributed by atoms with E-state index in [0.717, 1.165) is 18.1 Å². The third-order valence-electron chi connectivity index (χ3n) is 4.54. The fourth-order valence-electron chi connectivity index (χ4n) is 3.11. The van der Waals surface area contributed by atoms with Gasteiger partial charge in [-0.2, -0.15) is 0 Å². The minimum Gasteiger partial charge on any atom is -0.330 e. The first-order valence-corrected chi connectivity index (χ1v) is 8.31. The van der Waals surface area contributed by atoms with Crippen LogP contribution in [0.1, 0.15) is 57.4 Å². The molecule has 0 spiro atoms. The van der Waals surface area contributed by atoms with Gasteiger partial charge in [0, 0.05) is 11.6 Å². The Bertz CT molecular complexity index is 367. The summed E-state index contributed by atoms with van der Waals surface area (Å²) in [7, 11) is 0. The summed E-state index contributed by atoms with van der Waals surface area (Å²) in [5.41, 5.74) is 6.41. The molecule has 0 unspecified atom stereocenters. The van der Waals surface area contributed by atoms with E-state index < -0.39 is 0 Å². The molecule has 0 bridgehead atoms. The number of hydrogen-bond acceptors (Lipinski definition) is 4. The standard InChI is InChI=1S/C15H27N3S/c1-14(2,13-17-10-11-19-13)18-9-8-15(12-16)6-4-3-5-7-15/h10-11,18H,3-9,12,16H2,1-2H3. The van der Waals surface area contributed by atoms with Crippen LogP contribution in [-0.2, 0) is 5.54 Å². The predicted molar refractivity (Wildman–Crippen MR) is 82.3 cm³/mol. The van der Waals surface area contributed by atoms with E-state index >= 15 is 0 Å². The van der Waals surface area contributed by atoms with Crippen molar-refractivity contribution in [3.63, 3.8) is 0 Å². The van der Waals surface area contributed by atoms with Gasteiger partial charge in [-0.1, -0.05) is 19.3 Å². The van der Waals surface area contributed by atoms with Crippen LogP contribution in [0.5, 0.6) is 0 Å². The normalized spacial score (nSPS) is 19.5. The summed E-state index contributed by atoms with van der Waals surface area (Å²) < 4.78 is 0. The van der Waals surface area contributed by atoms with Gasteiger partial charge in [-0.3, -0.25) is 0 Å². The molecule has 0 saturated heterocycles. The van der Waals surface area contributed by atoms with Crippen molar-refractivity contribution in [3.05, 3.63) is 16.6 Å². The minimum absolute atomic E-state index is 0.0291. The summed E-state index contributed by atoms with van der Waals surface area (Å²) >= 11 is 1.72. The van der Waals surface area contributed by atoms with E-state index in [1.165, 1.54) is 38.5 Å². The number of thiazole rings is 1. The average molecular weight is 281 g/mol. The van der Waals surface area contributed by atoms with Gasteiger partial charge in [-0.25, -0.2) is 4.98 Å². The van der Waals surface area contributed by atoms with Crippen LogP contribution in [0.25, 0.3) is 0 Å². The van der Waals surface area contributed by atoms with Crippen molar-refractivity contribution in [3.8, 4) is 0 Å². The van der Waals surface area contributed by atoms with Gasteiger partial charge < -0.3 is 11.1 Å². The monoisotopic (exact) mass is 281 g/mol. The first-order valence-electron chi connectivity index (χ1n) is 7.43. The van der Waals surface area contributed by atoms with Crippen molar-refractivity contribution in [1.82, 2.24) is 10.3 Å². The Balaban J connectivity index is 1.85. The zero-order valence-corrected chi connectivity index (χ0v) is 13.1. The molecule has 1 fully saturated rings. The molecule has 0 amide bonds. The molecule has 0 atom stereocenters. The lowest BCUT2D eigenvalue weighted by Crippen LogP contribution is -2.41. The molecule has 1 aliphatic carbocycles. The average Bonchev–Trinajstić information content (AvgIpc) is 2.94. The Hall–Kier alpha value is -0.450. The zero-order valence-electron chi connectivity index (χ0n) is 12.2. The molecular weight excluding hydrogens is 254 g/mol. The quantitative estimate of drug-likeness (QED) is 0.841. The summed E-state index contributed by atoms with van der Waals surface area (Å²) in [6, 6.07) is 0. The molecule has 3 nitrogen and oxygen atoms in total. The first kappa shape index (κ1) is 14.9. The van der Waals surface area contributed by atoms with Gasteiger partial charge in [0.1, 0.15) is 5.01 Å². The van der Waals surface area contributed by atoms with Crippen LogP contribution < -0.4 is 11.1 Å². The molecular formula is C15H27N3S. The number of aromatic nitrogens is 1. The minimum atomic E-state index is -0.0291. The smallest absolute Gasteiger partial charge is 0.112 e. The second-order valence-electron chi connectivity index (χ2n) is 6.40. The fraction of sp³-hybridized carbons (Fsp3) is 0.800. The maximum Gasteiger partial charge on any atom is 0.112 e. The Kier molecular flexibility index (Phi) is 4.98. The van der Waals surface area contributed by atoms with Gasteiger partial charge in [-0.05, 0) is 51.6 Å². The molecule has 19 heavy (non-hydrogen) atoms. The fourth-order valence-corrected chi connectivity index (χ4v) is 3.84. The van der Waals surface area contributed by atoms with Gasteiger partial charge in [0.15, 0.2) is 0 Å². The van der Waals surface area contributed by atoms with Gasteiger partial charge in [0.05, 0.1) is 5.54 Å². The highest BCUT2D eigenvalue weighted by Crippen LogP contribution is 2.38. The third kappa shape index (κ3) is 3.77. The van der Waals surface area contributed by atoms with E-state index in [4.69, 9.17) is 5.73 Å². The zero-order chi connectivity index (χ0) is 13.8. The second kappa shape index (κ2) is 6.33. The van der Waals surface area contributed by atoms with Crippen molar-refractivity contribution < 1.29 is 0 Å². The Morgan fingerprint density at radius 1 is 1.37 bits per heavy atom. The summed E-state index contributed by atoms with van der Waals surface area (Å²) in [5, 5.41) is 6.87. The number of nitrogens with zero attached hydrogens (tertiary/aromatic N) is 1. The molecule has 1 aromatic rings. The van der Waals surface area contributed by atoms with Crippen LogP contribution in [0.15, 0.2) is 11.6 Å². The summed E-state index contributed by atoms with van der Waals surface area (Å²) in [6.07, 6.45) is 9.79. The first-order chi connectivity index (χ1) is 9.08. The largest absolute Gasteiger partial charge is 0.330 e. The van der Waals surface area contributed by atoms with Crippen LogP contribution in [0.2, 0.25) is 0 Å². The highest BCUT2D eigenvalue weighted by atomic mass is 32.1. The molecule has 1 heterocycles. The van der Waals surface area contributed by atoms with Crippen LogP contribution in [0.3, 0.4) is 0 Å². The van der Waals surface area contributed by atoms with Crippen LogP contribution >= 0.6 is 11.3 Å². The topological polar surface area (TPSA) is 50.9 Å². The van der Waals surface area contributed by atoms with E-state index in [0.29, 0.717) is 5.41 Å². The highest BCUT2D eigenvalue weighted by molar-refractivity contribution is 7.09. The maximum atomic E-state index is 6.04. The van der Waals surface area contributed by atoms with E-state index in [2.05, 4.69) is 24.1 Å². The Morgan fingerprint density at radius 3 is 2.68 bits per heavy atom. The van der Waals surface area contributed by atoms with E-state index in [1.807, 2.05) is 11.6 Å². The van der Waals surface area contributed by atoms with Crippen LogP contribution in [0.4, 0.5) is 0 Å². The maximum absolute atomic E-state index is 6.04. The predicted octanol–water partition coefficient (Wildman–Crippen LogP) is 3.27. The molecule has 3 N–H and O–H groups in total. The van der Waals surface area contributed by atoms with Crippen molar-refractivity contribution >= 4 is 11.3 Å². The molecule has 108 valence electrons. The Labute approximate surface area is 121 Å². The van der Waals surface area contributed by atoms with E-state index in [-0.39, 0.29) is 5.54 Å². The van der Waals surface area contributed by atoms with Crippen LogP contribution in [-0.4, -0.2) is 18.1 Å². The molecule has 1 aromatic heterocycles. The SMILES string of the molecule is CC(C)(NCCC1(CN)CCCCC1)c1nccs1. The van der Waals surface area contributed by atoms with Crippen molar-refractivity contribution in [2.75, 3.05) is 13.1 Å². The Morgan fingerprint density at radius 2 is 2.11 bits per heavy atom. The second-order valence-corrected chi connectivity index (χ2v) is 7.30. The van der Waals surface area contributed by atoms with E-state index in [9.17, 15) is 0 Å². The van der Waals surface area contributed by atoms with Crippen molar-refractivity contribution in [2.45, 2.75) is 57.9 Å². The lowest BCUT2D eigenvalue weighted by Gasteiger charge is -2.37. The summed E-state index contributed by atoms with van der Waals surface area (Å²) in [4.78, 5) is 4.42. The van der Waals surface area contributed by atoms with Crippen molar-refractivity contribution in [2.24, 2.45) is 11.1 Å². The molecule has 0 radical (unpaired) electrons. The van der Waals surface area contributed by atoms with Gasteiger partial charge in [0.2, 0.25) is 0 Å². The number of rotatable bonds is 6. The summed E-state index contributed by atoms with van der Waals surface area (Å²) in [5.74, 6) is 0. The van der Waals surface area contributed by atoms with E-state index in [1.54, 1.807) is 11.3 Å². The van der Waals surface area contributed by atoms with Crippen LogP contribution in [0, 0.1) is 5.41 Å². The lowest BCUT2D eigenvalue weighted by atomic mass is 9.72. The lowest BCUT2D eigenvalue weighted by molar-refractivity contribution is 0.175. The van der Waals surface area contributed by atoms with Crippen molar-refractivity contribution in [1.29, 1.82) is 0 Å². The van der Waals surface area contributed by atoms with Gasteiger partial charge >= 0.3 is 0 Å². The van der Waals surface area contributed by atoms with Gasteiger partial charge in [-0.15, -0.1) is 11.3 Å². The molecule has 2 rings (SSSR count).